The first-order chi connectivity index (χ1) is 16.2. The Morgan fingerprint density at radius 3 is 2.74 bits per heavy atom. The van der Waals surface area contributed by atoms with Gasteiger partial charge in [-0.25, -0.2) is 9.37 Å². The third-order valence-electron chi connectivity index (χ3n) is 5.90. The standard InChI is InChI=1S/C23H28F4N6O/c1-4-31-33(28-3)19-9-8-17(24)12-18(19)22(34)32-11-5-6-15(2)20(32)14-30-21-10-7-16(13-29-21)23(25,26)27/h4,7-10,12-13,15,20,22,34H,3,5-6,11,14H2,1-2H3,(H,29,30)/b31-4-/t15-,20-,22?/m1/s1. The smallest absolute Gasteiger partial charge is 0.374 e. The van der Waals surface area contributed by atoms with Crippen LogP contribution in [0.25, 0.3) is 0 Å². The molecule has 0 aliphatic carbocycles. The number of benzene rings is 1. The number of hydrogen-bond donors (Lipinski definition) is 2. The van der Waals surface area contributed by atoms with Crippen LogP contribution in [0.4, 0.5) is 29.1 Å². The van der Waals surface area contributed by atoms with Crippen LogP contribution < -0.4 is 10.4 Å². The molecule has 34 heavy (non-hydrogen) atoms. The molecule has 1 aromatic heterocycles. The van der Waals surface area contributed by atoms with Crippen LogP contribution in [0.3, 0.4) is 0 Å². The van der Waals surface area contributed by atoms with E-state index in [0.717, 1.165) is 25.1 Å². The minimum absolute atomic E-state index is 0.157. The summed E-state index contributed by atoms with van der Waals surface area (Å²) in [6.45, 7) is 8.10. The van der Waals surface area contributed by atoms with Crippen LogP contribution in [-0.4, -0.2) is 47.1 Å². The van der Waals surface area contributed by atoms with Gasteiger partial charge in [-0.1, -0.05) is 6.92 Å². The van der Waals surface area contributed by atoms with E-state index in [0.29, 0.717) is 24.6 Å². The maximum atomic E-state index is 14.2. The molecule has 7 nitrogen and oxygen atoms in total. The van der Waals surface area contributed by atoms with Gasteiger partial charge in [0.05, 0.1) is 11.3 Å². The Morgan fingerprint density at radius 1 is 1.35 bits per heavy atom. The van der Waals surface area contributed by atoms with E-state index in [1.807, 2.05) is 11.8 Å². The van der Waals surface area contributed by atoms with Crippen molar-refractivity contribution < 1.29 is 22.7 Å². The van der Waals surface area contributed by atoms with E-state index in [1.165, 1.54) is 35.6 Å². The summed E-state index contributed by atoms with van der Waals surface area (Å²) in [4.78, 5) is 5.71. The number of rotatable bonds is 8. The minimum atomic E-state index is -4.46. The number of halogens is 4. The number of aliphatic hydroxyl groups excluding tert-OH is 1. The van der Waals surface area contributed by atoms with Crippen molar-refractivity contribution in [3.05, 3.63) is 53.5 Å². The average Bonchev–Trinajstić information content (AvgIpc) is 2.81. The van der Waals surface area contributed by atoms with E-state index in [9.17, 15) is 22.7 Å². The van der Waals surface area contributed by atoms with Crippen LogP contribution in [0.1, 0.15) is 44.0 Å². The highest BCUT2D eigenvalue weighted by atomic mass is 19.4. The van der Waals surface area contributed by atoms with Gasteiger partial charge in [0.15, 0.2) is 0 Å². The van der Waals surface area contributed by atoms with Crippen LogP contribution in [0.2, 0.25) is 0 Å². The number of nitrogens with one attached hydrogen (secondary N) is 1. The van der Waals surface area contributed by atoms with Gasteiger partial charge in [-0.15, -0.1) is 0 Å². The fourth-order valence-electron chi connectivity index (χ4n) is 4.16. The predicted octanol–water partition coefficient (Wildman–Crippen LogP) is 4.87. The lowest BCUT2D eigenvalue weighted by Gasteiger charge is -2.43. The van der Waals surface area contributed by atoms with Gasteiger partial charge in [0.1, 0.15) is 17.9 Å². The average molecular weight is 481 g/mol. The Kier molecular flexibility index (Phi) is 8.21. The van der Waals surface area contributed by atoms with Crippen molar-refractivity contribution in [1.82, 2.24) is 9.88 Å². The highest BCUT2D eigenvalue weighted by molar-refractivity contribution is 5.60. The molecule has 1 aliphatic rings. The molecule has 1 saturated heterocycles. The predicted molar refractivity (Wildman–Crippen MR) is 124 cm³/mol. The Bertz CT molecular complexity index is 998. The second-order valence-corrected chi connectivity index (χ2v) is 8.12. The number of piperidine rings is 1. The summed E-state index contributed by atoms with van der Waals surface area (Å²) in [5.41, 5.74) is -0.156. The van der Waals surface area contributed by atoms with Crippen molar-refractivity contribution in [2.45, 2.75) is 45.1 Å². The van der Waals surface area contributed by atoms with Crippen molar-refractivity contribution in [1.29, 1.82) is 0 Å². The molecule has 1 aromatic carbocycles. The summed E-state index contributed by atoms with van der Waals surface area (Å²) >= 11 is 0. The third kappa shape index (κ3) is 5.89. The maximum absolute atomic E-state index is 14.2. The molecule has 1 unspecified atom stereocenters. The highest BCUT2D eigenvalue weighted by Gasteiger charge is 2.35. The number of hydrogen-bond acceptors (Lipinski definition) is 7. The molecule has 11 heteroatoms. The molecule has 1 aliphatic heterocycles. The highest BCUT2D eigenvalue weighted by Crippen LogP contribution is 2.35. The van der Waals surface area contributed by atoms with E-state index in [4.69, 9.17) is 0 Å². The number of alkyl halides is 3. The van der Waals surface area contributed by atoms with E-state index in [1.54, 1.807) is 6.92 Å². The van der Waals surface area contributed by atoms with Gasteiger partial charge in [-0.05, 0) is 56.0 Å². The lowest BCUT2D eigenvalue weighted by atomic mass is 9.89. The first kappa shape index (κ1) is 25.6. The summed E-state index contributed by atoms with van der Waals surface area (Å²) in [5.74, 6) is -0.0633. The second-order valence-electron chi connectivity index (χ2n) is 8.12. The van der Waals surface area contributed by atoms with E-state index >= 15 is 0 Å². The van der Waals surface area contributed by atoms with Crippen molar-refractivity contribution >= 4 is 24.4 Å². The molecule has 0 radical (unpaired) electrons. The Morgan fingerprint density at radius 2 is 2.12 bits per heavy atom. The third-order valence-corrected chi connectivity index (χ3v) is 5.90. The summed E-state index contributed by atoms with van der Waals surface area (Å²) in [5, 5.41) is 23.5. The molecule has 2 N–H and O–H groups in total. The summed E-state index contributed by atoms with van der Waals surface area (Å²) < 4.78 is 52.5. The van der Waals surface area contributed by atoms with Gasteiger partial charge in [0.25, 0.3) is 0 Å². The van der Waals surface area contributed by atoms with Crippen molar-refractivity contribution in [3.63, 3.8) is 0 Å². The molecular weight excluding hydrogens is 452 g/mol. The fraction of sp³-hybridized carbons (Fsp3) is 0.435. The van der Waals surface area contributed by atoms with Crippen molar-refractivity contribution in [3.8, 4) is 0 Å². The van der Waals surface area contributed by atoms with Crippen LogP contribution in [0.15, 0.2) is 46.7 Å². The molecule has 1 fully saturated rings. The second kappa shape index (κ2) is 10.9. The van der Waals surface area contributed by atoms with Crippen LogP contribution in [-0.2, 0) is 6.18 Å². The number of aliphatic hydroxyl groups is 1. The van der Waals surface area contributed by atoms with Crippen LogP contribution in [0.5, 0.6) is 0 Å². The van der Waals surface area contributed by atoms with E-state index in [2.05, 4.69) is 27.2 Å². The zero-order valence-corrected chi connectivity index (χ0v) is 19.0. The molecule has 2 aromatic rings. The lowest BCUT2D eigenvalue weighted by Crippen LogP contribution is -2.50. The number of aromatic nitrogens is 1. The molecule has 184 valence electrons. The molecule has 3 atom stereocenters. The lowest BCUT2D eigenvalue weighted by molar-refractivity contribution is -0.137. The zero-order valence-electron chi connectivity index (χ0n) is 19.0. The normalized spacial score (nSPS) is 20.3. The zero-order chi connectivity index (χ0) is 24.9. The first-order valence-electron chi connectivity index (χ1n) is 10.9. The number of pyridine rings is 1. The van der Waals surface area contributed by atoms with Gasteiger partial charge in [0, 0.05) is 43.8 Å². The van der Waals surface area contributed by atoms with Gasteiger partial charge >= 0.3 is 6.18 Å². The van der Waals surface area contributed by atoms with Gasteiger partial charge < -0.3 is 10.4 Å². The van der Waals surface area contributed by atoms with E-state index in [-0.39, 0.29) is 17.5 Å². The van der Waals surface area contributed by atoms with Gasteiger partial charge in [0.2, 0.25) is 0 Å². The maximum Gasteiger partial charge on any atom is 0.417 e. The number of anilines is 2. The van der Waals surface area contributed by atoms with Gasteiger partial charge in [-0.2, -0.15) is 28.5 Å². The Balaban J connectivity index is 1.83. The van der Waals surface area contributed by atoms with Crippen molar-refractivity contribution in [2.24, 2.45) is 16.1 Å². The molecule has 0 amide bonds. The first-order valence-corrected chi connectivity index (χ1v) is 10.9. The molecule has 2 heterocycles. The topological polar surface area (TPSA) is 76.3 Å². The molecule has 3 rings (SSSR count). The van der Waals surface area contributed by atoms with Gasteiger partial charge in [-0.3, -0.25) is 4.90 Å². The SMILES string of the molecule is C=NN(/N=C\C)c1ccc(F)cc1C(O)N1CCC[C@@H](C)[C@H]1CNc1ccc(C(F)(F)F)cn1. The number of hydrazone groups is 2. The molecule has 0 bridgehead atoms. The number of nitrogens with zero attached hydrogens (tertiary/aromatic N) is 5. The molecular formula is C23H28F4N6O. The Labute approximate surface area is 195 Å². The summed E-state index contributed by atoms with van der Waals surface area (Å²) in [6, 6.07) is 6.02. The van der Waals surface area contributed by atoms with Crippen LogP contribution >= 0.6 is 0 Å². The summed E-state index contributed by atoms with van der Waals surface area (Å²) in [6.07, 6.45) is -1.61. The number of likely N-dealkylation sites (tertiary alicyclic amines) is 1. The molecule has 0 spiro atoms. The van der Waals surface area contributed by atoms with Crippen molar-refractivity contribution in [2.75, 3.05) is 23.5 Å². The monoisotopic (exact) mass is 480 g/mol. The molecule has 0 saturated carbocycles. The largest absolute Gasteiger partial charge is 0.417 e. The minimum Gasteiger partial charge on any atom is -0.374 e. The summed E-state index contributed by atoms with van der Waals surface area (Å²) in [7, 11) is 0. The fourth-order valence-corrected chi connectivity index (χ4v) is 4.16. The van der Waals surface area contributed by atoms with E-state index < -0.39 is 23.8 Å². The quantitative estimate of drug-likeness (QED) is 0.320. The Hall–Kier alpha value is -3.05. The van der Waals surface area contributed by atoms with Crippen LogP contribution in [0, 0.1) is 11.7 Å².